The van der Waals surface area contributed by atoms with Crippen molar-refractivity contribution in [3.8, 4) is 0 Å². The zero-order chi connectivity index (χ0) is 14.8. The maximum absolute atomic E-state index is 12.0. The summed E-state index contributed by atoms with van der Waals surface area (Å²) in [5.41, 5.74) is 1.55. The normalized spacial score (nSPS) is 21.4. The van der Waals surface area contributed by atoms with Gasteiger partial charge >= 0.3 is 0 Å². The maximum atomic E-state index is 12.0. The Morgan fingerprint density at radius 2 is 2.10 bits per heavy atom. The van der Waals surface area contributed by atoms with Crippen molar-refractivity contribution in [3.63, 3.8) is 0 Å². The third-order valence-corrected chi connectivity index (χ3v) is 3.43. The fourth-order valence-corrected chi connectivity index (χ4v) is 2.36. The molecule has 3 heterocycles. The molecular weight excluding hydrogens is 270 g/mol. The second kappa shape index (κ2) is 5.61. The molecular formula is C14H17N5O2. The summed E-state index contributed by atoms with van der Waals surface area (Å²) >= 11 is 0. The van der Waals surface area contributed by atoms with E-state index >= 15 is 0 Å². The molecule has 1 aliphatic rings. The molecule has 1 aliphatic heterocycles. The van der Waals surface area contributed by atoms with Gasteiger partial charge in [-0.25, -0.2) is 14.6 Å². The lowest BCUT2D eigenvalue weighted by atomic mass is 10.2. The lowest BCUT2D eigenvalue weighted by Gasteiger charge is -2.20. The van der Waals surface area contributed by atoms with Crippen molar-refractivity contribution in [1.29, 1.82) is 0 Å². The number of aromatic nitrogens is 4. The Bertz CT molecular complexity index is 700. The van der Waals surface area contributed by atoms with Gasteiger partial charge in [-0.15, -0.1) is 0 Å². The van der Waals surface area contributed by atoms with Crippen molar-refractivity contribution in [1.82, 2.24) is 19.7 Å². The number of nitrogens with one attached hydrogen (secondary N) is 1. The van der Waals surface area contributed by atoms with Crippen LogP contribution < -0.4 is 10.9 Å². The van der Waals surface area contributed by atoms with Crippen LogP contribution in [-0.2, 0) is 4.74 Å². The molecule has 1 fully saturated rings. The molecule has 7 nitrogen and oxygen atoms in total. The van der Waals surface area contributed by atoms with E-state index in [1.807, 2.05) is 19.9 Å². The van der Waals surface area contributed by atoms with Gasteiger partial charge in [0.25, 0.3) is 5.56 Å². The minimum Gasteiger partial charge on any atom is -0.377 e. The molecule has 110 valence electrons. The second-order valence-corrected chi connectivity index (χ2v) is 5.13. The third-order valence-electron chi connectivity index (χ3n) is 3.43. The van der Waals surface area contributed by atoms with Crippen molar-refractivity contribution in [2.45, 2.75) is 25.9 Å². The topological polar surface area (TPSA) is 81.9 Å². The number of anilines is 1. The molecule has 0 amide bonds. The molecule has 3 rings (SSSR count). The van der Waals surface area contributed by atoms with Gasteiger partial charge in [0.1, 0.15) is 6.04 Å². The van der Waals surface area contributed by atoms with Crippen molar-refractivity contribution < 1.29 is 4.74 Å². The summed E-state index contributed by atoms with van der Waals surface area (Å²) in [5, 5.41) is 7.54. The lowest BCUT2D eigenvalue weighted by Crippen LogP contribution is -2.37. The van der Waals surface area contributed by atoms with Gasteiger partial charge in [0, 0.05) is 18.0 Å². The molecule has 0 spiro atoms. The predicted molar refractivity (Wildman–Crippen MR) is 77.3 cm³/mol. The molecule has 2 aromatic rings. The maximum Gasteiger partial charge on any atom is 0.267 e. The molecule has 21 heavy (non-hydrogen) atoms. The van der Waals surface area contributed by atoms with Gasteiger partial charge in [-0.05, 0) is 26.0 Å². The van der Waals surface area contributed by atoms with E-state index in [1.165, 1.54) is 10.7 Å². The number of nitrogens with zero attached hydrogens (tertiary/aromatic N) is 4. The van der Waals surface area contributed by atoms with Crippen molar-refractivity contribution in [2.75, 3.05) is 18.5 Å². The monoisotopic (exact) mass is 287 g/mol. The Balaban J connectivity index is 1.85. The van der Waals surface area contributed by atoms with Crippen molar-refractivity contribution >= 4 is 5.95 Å². The van der Waals surface area contributed by atoms with Gasteiger partial charge in [-0.2, -0.15) is 5.10 Å². The summed E-state index contributed by atoms with van der Waals surface area (Å²) in [7, 11) is 0. The van der Waals surface area contributed by atoms with Crippen LogP contribution in [-0.4, -0.2) is 39.0 Å². The van der Waals surface area contributed by atoms with Crippen LogP contribution in [0.2, 0.25) is 0 Å². The summed E-state index contributed by atoms with van der Waals surface area (Å²) in [5.74, 6) is 0.538. The molecule has 1 N–H and O–H groups in total. The summed E-state index contributed by atoms with van der Waals surface area (Å²) in [6.07, 6.45) is 1.70. The van der Waals surface area contributed by atoms with Crippen molar-refractivity contribution in [2.24, 2.45) is 0 Å². The first kappa shape index (κ1) is 13.7. The van der Waals surface area contributed by atoms with Gasteiger partial charge < -0.3 is 10.1 Å². The summed E-state index contributed by atoms with van der Waals surface area (Å²) < 4.78 is 6.99. The van der Waals surface area contributed by atoms with E-state index in [-0.39, 0.29) is 17.6 Å². The van der Waals surface area contributed by atoms with Crippen LogP contribution in [0.15, 0.2) is 29.2 Å². The first-order valence-electron chi connectivity index (χ1n) is 6.84. The lowest BCUT2D eigenvalue weighted by molar-refractivity contribution is 0.182. The predicted octanol–water partition coefficient (Wildman–Crippen LogP) is 0.702. The van der Waals surface area contributed by atoms with E-state index < -0.39 is 0 Å². The van der Waals surface area contributed by atoms with Gasteiger partial charge in [0.05, 0.1) is 24.9 Å². The zero-order valence-corrected chi connectivity index (χ0v) is 12.0. The average Bonchev–Trinajstić information content (AvgIpc) is 2.89. The Labute approximate surface area is 122 Å². The summed E-state index contributed by atoms with van der Waals surface area (Å²) in [4.78, 5) is 20.5. The largest absolute Gasteiger partial charge is 0.377 e. The highest BCUT2D eigenvalue weighted by atomic mass is 16.5. The minimum absolute atomic E-state index is 0.0844. The SMILES string of the molecule is Cc1ccnc(NC2COCC2n2nc(C)ccc2=O)n1. The number of rotatable bonds is 3. The molecule has 2 atom stereocenters. The number of hydrogen-bond acceptors (Lipinski definition) is 6. The van der Waals surface area contributed by atoms with E-state index in [0.29, 0.717) is 19.2 Å². The highest BCUT2D eigenvalue weighted by Crippen LogP contribution is 2.20. The Kier molecular flexibility index (Phi) is 3.66. The zero-order valence-electron chi connectivity index (χ0n) is 12.0. The molecule has 7 heteroatoms. The van der Waals surface area contributed by atoms with Crippen LogP contribution in [0.4, 0.5) is 5.95 Å². The molecule has 0 radical (unpaired) electrons. The Hall–Kier alpha value is -2.28. The number of ether oxygens (including phenoxy) is 1. The molecule has 0 aliphatic carbocycles. The van der Waals surface area contributed by atoms with E-state index in [2.05, 4.69) is 20.4 Å². The molecule has 0 aromatic carbocycles. The van der Waals surface area contributed by atoms with Crippen molar-refractivity contribution in [3.05, 3.63) is 46.1 Å². The quantitative estimate of drug-likeness (QED) is 0.895. The highest BCUT2D eigenvalue weighted by Gasteiger charge is 2.31. The highest BCUT2D eigenvalue weighted by molar-refractivity contribution is 5.27. The third kappa shape index (κ3) is 2.92. The van der Waals surface area contributed by atoms with Crippen LogP contribution in [0.25, 0.3) is 0 Å². The average molecular weight is 287 g/mol. The van der Waals surface area contributed by atoms with E-state index in [9.17, 15) is 4.79 Å². The van der Waals surface area contributed by atoms with E-state index in [0.717, 1.165) is 11.4 Å². The fraction of sp³-hybridized carbons (Fsp3) is 0.429. The molecule has 0 saturated carbocycles. The number of aryl methyl sites for hydroxylation is 2. The smallest absolute Gasteiger partial charge is 0.267 e. The first-order chi connectivity index (χ1) is 10.1. The summed E-state index contributed by atoms with van der Waals surface area (Å²) in [6.45, 7) is 4.70. The van der Waals surface area contributed by atoms with E-state index in [4.69, 9.17) is 4.74 Å². The van der Waals surface area contributed by atoms with E-state index in [1.54, 1.807) is 12.3 Å². The fourth-order valence-electron chi connectivity index (χ4n) is 2.36. The molecule has 2 aromatic heterocycles. The van der Waals surface area contributed by atoms with Crippen LogP contribution in [0.5, 0.6) is 0 Å². The van der Waals surface area contributed by atoms with Gasteiger partial charge in [-0.1, -0.05) is 0 Å². The van der Waals surface area contributed by atoms with Crippen LogP contribution in [0, 0.1) is 13.8 Å². The molecule has 0 bridgehead atoms. The molecule has 2 unspecified atom stereocenters. The minimum atomic E-state index is -0.165. The van der Waals surface area contributed by atoms with Crippen LogP contribution >= 0.6 is 0 Å². The summed E-state index contributed by atoms with van der Waals surface area (Å²) in [6, 6.07) is 4.82. The van der Waals surface area contributed by atoms with Crippen LogP contribution in [0.3, 0.4) is 0 Å². The van der Waals surface area contributed by atoms with Gasteiger partial charge in [-0.3, -0.25) is 4.79 Å². The first-order valence-corrected chi connectivity index (χ1v) is 6.84. The second-order valence-electron chi connectivity index (χ2n) is 5.13. The molecule has 1 saturated heterocycles. The van der Waals surface area contributed by atoms with Gasteiger partial charge in [0.15, 0.2) is 0 Å². The Morgan fingerprint density at radius 3 is 2.90 bits per heavy atom. The number of hydrogen-bond donors (Lipinski definition) is 1. The standard InChI is InChI=1S/C14H17N5O2/c1-9-5-6-15-14(16-9)17-11-7-21-8-12(11)19-13(20)4-3-10(2)18-19/h3-6,11-12H,7-8H2,1-2H3,(H,15,16,17). The van der Waals surface area contributed by atoms with Crippen LogP contribution in [0.1, 0.15) is 17.4 Å². The van der Waals surface area contributed by atoms with Gasteiger partial charge in [0.2, 0.25) is 5.95 Å². The Morgan fingerprint density at radius 1 is 1.24 bits per heavy atom.